The molecular formula is C15H11BrClN3O2. The van der Waals surface area contributed by atoms with E-state index < -0.39 is 0 Å². The van der Waals surface area contributed by atoms with Gasteiger partial charge in [0.15, 0.2) is 11.5 Å². The van der Waals surface area contributed by atoms with E-state index in [1.807, 2.05) is 12.1 Å². The minimum Gasteiger partial charge on any atom is -0.493 e. The summed E-state index contributed by atoms with van der Waals surface area (Å²) < 4.78 is 11.5. The Morgan fingerprint density at radius 2 is 1.73 bits per heavy atom. The maximum Gasteiger partial charge on any atom is 0.223 e. The molecule has 0 amide bonds. The van der Waals surface area contributed by atoms with Crippen molar-refractivity contribution < 1.29 is 9.47 Å². The molecule has 1 aromatic carbocycles. The van der Waals surface area contributed by atoms with Crippen LogP contribution in [0, 0.1) is 0 Å². The van der Waals surface area contributed by atoms with Crippen molar-refractivity contribution in [3.63, 3.8) is 0 Å². The fourth-order valence-electron chi connectivity index (χ4n) is 2.19. The van der Waals surface area contributed by atoms with Crippen LogP contribution in [0.25, 0.3) is 22.2 Å². The molecule has 5 nitrogen and oxygen atoms in total. The number of hydrogen-bond donors (Lipinski definition) is 0. The first-order valence-electron chi connectivity index (χ1n) is 6.32. The summed E-state index contributed by atoms with van der Waals surface area (Å²) in [6, 6.07) is 5.53. The zero-order valence-corrected chi connectivity index (χ0v) is 14.1. The molecule has 0 unspecified atom stereocenters. The summed E-state index contributed by atoms with van der Waals surface area (Å²) in [5, 5.41) is 0.969. The third-order valence-electron chi connectivity index (χ3n) is 3.15. The van der Waals surface area contributed by atoms with Gasteiger partial charge in [-0.3, -0.25) is 4.98 Å². The second-order valence-corrected chi connectivity index (χ2v) is 5.71. The van der Waals surface area contributed by atoms with Crippen LogP contribution in [0.3, 0.4) is 0 Å². The van der Waals surface area contributed by atoms with Crippen molar-refractivity contribution in [3.8, 4) is 22.8 Å². The lowest BCUT2D eigenvalue weighted by Gasteiger charge is -2.11. The van der Waals surface area contributed by atoms with Crippen LogP contribution in [-0.4, -0.2) is 29.2 Å². The van der Waals surface area contributed by atoms with E-state index in [1.54, 1.807) is 32.7 Å². The van der Waals surface area contributed by atoms with Gasteiger partial charge in [0.1, 0.15) is 0 Å². The molecule has 0 saturated heterocycles. The molecule has 0 aliphatic heterocycles. The van der Waals surface area contributed by atoms with Crippen molar-refractivity contribution in [1.29, 1.82) is 0 Å². The Bertz CT molecular complexity index is 858. The van der Waals surface area contributed by atoms with E-state index in [1.165, 1.54) is 0 Å². The summed E-state index contributed by atoms with van der Waals surface area (Å²) in [6.45, 7) is 0. The van der Waals surface area contributed by atoms with Crippen molar-refractivity contribution in [1.82, 2.24) is 15.0 Å². The van der Waals surface area contributed by atoms with Gasteiger partial charge >= 0.3 is 0 Å². The van der Waals surface area contributed by atoms with Crippen molar-refractivity contribution in [2.24, 2.45) is 0 Å². The molecule has 0 spiro atoms. The van der Waals surface area contributed by atoms with Crippen LogP contribution < -0.4 is 9.47 Å². The second kappa shape index (κ2) is 6.06. The normalized spacial score (nSPS) is 10.7. The Morgan fingerprint density at radius 3 is 2.41 bits per heavy atom. The summed E-state index contributed by atoms with van der Waals surface area (Å²) >= 11 is 9.47. The Morgan fingerprint density at radius 1 is 1.00 bits per heavy atom. The van der Waals surface area contributed by atoms with E-state index in [4.69, 9.17) is 21.1 Å². The Kier molecular flexibility index (Phi) is 4.13. The zero-order chi connectivity index (χ0) is 15.7. The number of pyridine rings is 1. The Hall–Kier alpha value is -1.92. The summed E-state index contributed by atoms with van der Waals surface area (Å²) in [4.78, 5) is 12.8. The van der Waals surface area contributed by atoms with Crippen molar-refractivity contribution in [3.05, 3.63) is 40.3 Å². The van der Waals surface area contributed by atoms with Crippen LogP contribution in [0.1, 0.15) is 0 Å². The fourth-order valence-corrected chi connectivity index (χ4v) is 2.73. The first-order chi connectivity index (χ1) is 10.6. The average Bonchev–Trinajstić information content (AvgIpc) is 2.52. The predicted octanol–water partition coefficient (Wildman–Crippen LogP) is 4.12. The van der Waals surface area contributed by atoms with E-state index in [0.717, 1.165) is 15.4 Å². The van der Waals surface area contributed by atoms with Gasteiger partial charge in [0.25, 0.3) is 0 Å². The Labute approximate surface area is 140 Å². The number of fused-ring (bicyclic) bond motifs is 1. The van der Waals surface area contributed by atoms with E-state index in [-0.39, 0.29) is 5.28 Å². The SMILES string of the molecule is COc1cc2nc(Cl)nc(-c3cncc(Br)c3)c2cc1OC. The number of ether oxygens (including phenoxy) is 2. The first kappa shape index (κ1) is 15.0. The van der Waals surface area contributed by atoms with Crippen LogP contribution >= 0.6 is 27.5 Å². The van der Waals surface area contributed by atoms with Crippen molar-refractivity contribution in [2.45, 2.75) is 0 Å². The molecule has 0 radical (unpaired) electrons. The van der Waals surface area contributed by atoms with Gasteiger partial charge in [0, 0.05) is 33.9 Å². The van der Waals surface area contributed by atoms with Gasteiger partial charge in [-0.15, -0.1) is 0 Å². The molecule has 0 bridgehead atoms. The molecule has 7 heteroatoms. The summed E-state index contributed by atoms with van der Waals surface area (Å²) in [5.41, 5.74) is 2.19. The molecule has 3 aromatic rings. The number of benzene rings is 1. The summed E-state index contributed by atoms with van der Waals surface area (Å²) in [7, 11) is 3.16. The van der Waals surface area contributed by atoms with Gasteiger partial charge in [-0.2, -0.15) is 0 Å². The van der Waals surface area contributed by atoms with Gasteiger partial charge in [-0.05, 0) is 39.7 Å². The average molecular weight is 381 g/mol. The molecular weight excluding hydrogens is 370 g/mol. The molecule has 3 rings (SSSR count). The molecule has 0 saturated carbocycles. The number of rotatable bonds is 3. The van der Waals surface area contributed by atoms with Gasteiger partial charge < -0.3 is 9.47 Å². The van der Waals surface area contributed by atoms with Crippen LogP contribution in [0.15, 0.2) is 35.1 Å². The van der Waals surface area contributed by atoms with Crippen LogP contribution in [0.2, 0.25) is 5.28 Å². The quantitative estimate of drug-likeness (QED) is 0.640. The molecule has 0 aliphatic carbocycles. The van der Waals surface area contributed by atoms with E-state index in [2.05, 4.69) is 30.9 Å². The minimum absolute atomic E-state index is 0.162. The number of nitrogens with zero attached hydrogens (tertiary/aromatic N) is 3. The highest BCUT2D eigenvalue weighted by molar-refractivity contribution is 9.10. The smallest absolute Gasteiger partial charge is 0.223 e. The molecule has 0 fully saturated rings. The fraction of sp³-hybridized carbons (Fsp3) is 0.133. The van der Waals surface area contributed by atoms with Crippen LogP contribution in [0.5, 0.6) is 11.5 Å². The van der Waals surface area contributed by atoms with Crippen molar-refractivity contribution >= 4 is 38.4 Å². The topological polar surface area (TPSA) is 57.1 Å². The molecule has 0 atom stereocenters. The summed E-state index contributed by atoms with van der Waals surface area (Å²) in [5.74, 6) is 1.19. The number of hydrogen-bond acceptors (Lipinski definition) is 5. The third kappa shape index (κ3) is 2.71. The molecule has 2 heterocycles. The molecule has 22 heavy (non-hydrogen) atoms. The minimum atomic E-state index is 0.162. The lowest BCUT2D eigenvalue weighted by molar-refractivity contribution is 0.356. The third-order valence-corrected chi connectivity index (χ3v) is 3.75. The van der Waals surface area contributed by atoms with Crippen molar-refractivity contribution in [2.75, 3.05) is 14.2 Å². The lowest BCUT2D eigenvalue weighted by atomic mass is 10.1. The standard InChI is InChI=1S/C15H11BrClN3O2/c1-21-12-4-10-11(5-13(12)22-2)19-15(17)20-14(10)8-3-9(16)7-18-6-8/h3-7H,1-2H3. The molecule has 2 aromatic heterocycles. The second-order valence-electron chi connectivity index (χ2n) is 4.46. The highest BCUT2D eigenvalue weighted by atomic mass is 79.9. The number of halogens is 2. The van der Waals surface area contributed by atoms with Crippen LogP contribution in [0.4, 0.5) is 0 Å². The maximum atomic E-state index is 6.06. The maximum absolute atomic E-state index is 6.06. The lowest BCUT2D eigenvalue weighted by Crippen LogP contribution is -1.95. The van der Waals surface area contributed by atoms with Gasteiger partial charge in [0.05, 0.1) is 25.4 Å². The van der Waals surface area contributed by atoms with E-state index in [0.29, 0.717) is 22.7 Å². The predicted molar refractivity (Wildman–Crippen MR) is 88.6 cm³/mol. The zero-order valence-electron chi connectivity index (χ0n) is 11.8. The highest BCUT2D eigenvalue weighted by Crippen LogP contribution is 2.36. The molecule has 0 N–H and O–H groups in total. The van der Waals surface area contributed by atoms with Crippen LogP contribution in [-0.2, 0) is 0 Å². The van der Waals surface area contributed by atoms with Gasteiger partial charge in [-0.25, -0.2) is 9.97 Å². The highest BCUT2D eigenvalue weighted by Gasteiger charge is 2.14. The molecule has 112 valence electrons. The monoisotopic (exact) mass is 379 g/mol. The van der Waals surface area contributed by atoms with E-state index in [9.17, 15) is 0 Å². The number of methoxy groups -OCH3 is 2. The summed E-state index contributed by atoms with van der Waals surface area (Å²) in [6.07, 6.45) is 3.43. The first-order valence-corrected chi connectivity index (χ1v) is 7.49. The number of aromatic nitrogens is 3. The van der Waals surface area contributed by atoms with Gasteiger partial charge in [-0.1, -0.05) is 0 Å². The van der Waals surface area contributed by atoms with Gasteiger partial charge in [0.2, 0.25) is 5.28 Å². The van der Waals surface area contributed by atoms with E-state index >= 15 is 0 Å². The largest absolute Gasteiger partial charge is 0.493 e. The Balaban J connectivity index is 2.34. The molecule has 0 aliphatic rings.